The van der Waals surface area contributed by atoms with Crippen molar-refractivity contribution < 1.29 is 15.3 Å². The molecule has 78 valence electrons. The van der Waals surface area contributed by atoms with Gasteiger partial charge in [0, 0.05) is 13.2 Å². The lowest BCUT2D eigenvalue weighted by Crippen LogP contribution is -2.07. The number of hydrogen-bond donors (Lipinski definition) is 3. The molecule has 13 heavy (non-hydrogen) atoms. The molecule has 0 aromatic carbocycles. The first-order chi connectivity index (χ1) is 6.35. The fraction of sp³-hybridized carbons (Fsp3) is 0.800. The maximum atomic E-state index is 8.89. The molecule has 0 amide bonds. The first kappa shape index (κ1) is 12.6. The minimum absolute atomic E-state index is 0.0973. The van der Waals surface area contributed by atoms with Crippen LogP contribution in [0.25, 0.3) is 0 Å². The Bertz CT molecular complexity index is 123. The number of allylic oxidation sites excluding steroid dienone is 1. The molecule has 3 heteroatoms. The van der Waals surface area contributed by atoms with E-state index in [4.69, 9.17) is 15.3 Å². The Morgan fingerprint density at radius 3 is 2.31 bits per heavy atom. The van der Waals surface area contributed by atoms with Crippen LogP contribution in [-0.2, 0) is 0 Å². The summed E-state index contributed by atoms with van der Waals surface area (Å²) < 4.78 is 0. The molecule has 1 unspecified atom stereocenters. The average Bonchev–Trinajstić information content (AvgIpc) is 2.16. The maximum Gasteiger partial charge on any atom is 0.0612 e. The smallest absolute Gasteiger partial charge is 0.0612 e. The standard InChI is InChI=1S/C10H20O3/c11-7-4-2-1-3-5-10(9-13)6-8-12/h2,4,10-13H,1,3,5-9H2. The molecule has 0 bridgehead atoms. The van der Waals surface area contributed by atoms with Crippen LogP contribution >= 0.6 is 0 Å². The number of aliphatic hydroxyl groups is 3. The summed E-state index contributed by atoms with van der Waals surface area (Å²) in [7, 11) is 0. The summed E-state index contributed by atoms with van der Waals surface area (Å²) in [5.41, 5.74) is 0. The summed E-state index contributed by atoms with van der Waals surface area (Å²) in [6.45, 7) is 0.405. The summed E-state index contributed by atoms with van der Waals surface area (Å²) in [6.07, 6.45) is 7.21. The topological polar surface area (TPSA) is 60.7 Å². The quantitative estimate of drug-likeness (QED) is 0.388. The number of aliphatic hydroxyl groups excluding tert-OH is 3. The molecule has 3 nitrogen and oxygen atoms in total. The summed E-state index contributed by atoms with van der Waals surface area (Å²) in [4.78, 5) is 0. The van der Waals surface area contributed by atoms with E-state index in [1.807, 2.05) is 6.08 Å². The van der Waals surface area contributed by atoms with Crippen molar-refractivity contribution >= 4 is 0 Å². The van der Waals surface area contributed by atoms with Gasteiger partial charge in [0.1, 0.15) is 0 Å². The summed E-state index contributed by atoms with van der Waals surface area (Å²) in [6, 6.07) is 0. The Morgan fingerprint density at radius 1 is 1.00 bits per heavy atom. The predicted octanol–water partition coefficient (Wildman–Crippen LogP) is 0.696. The van der Waals surface area contributed by atoms with E-state index < -0.39 is 0 Å². The zero-order valence-corrected chi connectivity index (χ0v) is 8.02. The Hall–Kier alpha value is -0.380. The lowest BCUT2D eigenvalue weighted by molar-refractivity contribution is 0.175. The molecule has 0 heterocycles. The van der Waals surface area contributed by atoms with Gasteiger partial charge >= 0.3 is 0 Å². The van der Waals surface area contributed by atoms with Crippen LogP contribution in [0.4, 0.5) is 0 Å². The Balaban J connectivity index is 3.32. The van der Waals surface area contributed by atoms with Crippen LogP contribution in [0.5, 0.6) is 0 Å². The molecular weight excluding hydrogens is 168 g/mol. The van der Waals surface area contributed by atoms with E-state index in [0.717, 1.165) is 19.3 Å². The van der Waals surface area contributed by atoms with Crippen molar-refractivity contribution in [2.24, 2.45) is 5.92 Å². The fourth-order valence-electron chi connectivity index (χ4n) is 1.23. The third kappa shape index (κ3) is 7.96. The van der Waals surface area contributed by atoms with Crippen molar-refractivity contribution in [3.63, 3.8) is 0 Å². The highest BCUT2D eigenvalue weighted by molar-refractivity contribution is 4.80. The third-order valence-electron chi connectivity index (χ3n) is 2.05. The van der Waals surface area contributed by atoms with Crippen molar-refractivity contribution in [3.8, 4) is 0 Å². The Morgan fingerprint density at radius 2 is 1.77 bits per heavy atom. The van der Waals surface area contributed by atoms with Crippen LogP contribution in [-0.4, -0.2) is 35.1 Å². The van der Waals surface area contributed by atoms with Crippen LogP contribution in [0.15, 0.2) is 12.2 Å². The molecule has 0 radical (unpaired) electrons. The van der Waals surface area contributed by atoms with E-state index in [-0.39, 0.29) is 25.7 Å². The highest BCUT2D eigenvalue weighted by Crippen LogP contribution is 2.11. The van der Waals surface area contributed by atoms with Crippen LogP contribution in [0.3, 0.4) is 0 Å². The van der Waals surface area contributed by atoms with Crippen molar-refractivity contribution in [3.05, 3.63) is 12.2 Å². The molecule has 0 aliphatic carbocycles. The summed E-state index contributed by atoms with van der Waals surface area (Å²) >= 11 is 0. The monoisotopic (exact) mass is 188 g/mol. The minimum atomic E-state index is 0.0973. The summed E-state index contributed by atoms with van der Waals surface area (Å²) in [5.74, 6) is 0.229. The van der Waals surface area contributed by atoms with Crippen LogP contribution in [0.2, 0.25) is 0 Å². The normalized spacial score (nSPS) is 13.8. The predicted molar refractivity (Wildman–Crippen MR) is 52.4 cm³/mol. The van der Waals surface area contributed by atoms with Gasteiger partial charge in [-0.05, 0) is 31.6 Å². The maximum absolute atomic E-state index is 8.89. The minimum Gasteiger partial charge on any atom is -0.396 e. The molecule has 0 saturated heterocycles. The van der Waals surface area contributed by atoms with Gasteiger partial charge in [-0.2, -0.15) is 0 Å². The van der Waals surface area contributed by atoms with Crippen LogP contribution < -0.4 is 0 Å². The first-order valence-electron chi connectivity index (χ1n) is 4.82. The van der Waals surface area contributed by atoms with E-state index in [2.05, 4.69) is 0 Å². The second-order valence-corrected chi connectivity index (χ2v) is 3.15. The molecule has 0 aromatic heterocycles. The van der Waals surface area contributed by atoms with Gasteiger partial charge in [0.2, 0.25) is 0 Å². The summed E-state index contributed by atoms with van der Waals surface area (Å²) in [5, 5.41) is 26.0. The fourth-order valence-corrected chi connectivity index (χ4v) is 1.23. The van der Waals surface area contributed by atoms with E-state index in [0.29, 0.717) is 6.42 Å². The van der Waals surface area contributed by atoms with Gasteiger partial charge in [-0.3, -0.25) is 0 Å². The van der Waals surface area contributed by atoms with Crippen LogP contribution in [0, 0.1) is 5.92 Å². The SMILES string of the molecule is OCC=CCCCC(CO)CCO. The Labute approximate surface area is 79.7 Å². The second kappa shape index (κ2) is 9.71. The van der Waals surface area contributed by atoms with Gasteiger partial charge in [-0.1, -0.05) is 12.2 Å². The molecule has 0 fully saturated rings. The van der Waals surface area contributed by atoms with Crippen molar-refractivity contribution in [2.75, 3.05) is 19.8 Å². The average molecular weight is 188 g/mol. The number of unbranched alkanes of at least 4 members (excludes halogenated alkanes) is 1. The van der Waals surface area contributed by atoms with Gasteiger partial charge in [-0.15, -0.1) is 0 Å². The molecule has 0 aliphatic rings. The highest BCUT2D eigenvalue weighted by Gasteiger charge is 2.04. The zero-order valence-electron chi connectivity index (χ0n) is 8.02. The molecule has 0 aliphatic heterocycles. The van der Waals surface area contributed by atoms with E-state index in [1.54, 1.807) is 6.08 Å². The molecular formula is C10H20O3. The van der Waals surface area contributed by atoms with E-state index >= 15 is 0 Å². The molecule has 1 atom stereocenters. The van der Waals surface area contributed by atoms with Gasteiger partial charge < -0.3 is 15.3 Å². The van der Waals surface area contributed by atoms with Gasteiger partial charge in [0.25, 0.3) is 0 Å². The molecule has 0 aromatic rings. The molecule has 0 rings (SSSR count). The molecule has 3 N–H and O–H groups in total. The van der Waals surface area contributed by atoms with Gasteiger partial charge in [-0.25, -0.2) is 0 Å². The molecule has 0 spiro atoms. The van der Waals surface area contributed by atoms with Crippen molar-refractivity contribution in [2.45, 2.75) is 25.7 Å². The largest absolute Gasteiger partial charge is 0.396 e. The van der Waals surface area contributed by atoms with Gasteiger partial charge in [0.05, 0.1) is 6.61 Å². The number of hydrogen-bond acceptors (Lipinski definition) is 3. The second-order valence-electron chi connectivity index (χ2n) is 3.15. The Kier molecular flexibility index (Phi) is 9.42. The lowest BCUT2D eigenvalue weighted by Gasteiger charge is -2.10. The van der Waals surface area contributed by atoms with E-state index in [1.165, 1.54) is 0 Å². The van der Waals surface area contributed by atoms with E-state index in [9.17, 15) is 0 Å². The first-order valence-corrected chi connectivity index (χ1v) is 4.82. The zero-order chi connectivity index (χ0) is 9.94. The lowest BCUT2D eigenvalue weighted by atomic mass is 10.00. The highest BCUT2D eigenvalue weighted by atomic mass is 16.3. The van der Waals surface area contributed by atoms with Crippen molar-refractivity contribution in [1.29, 1.82) is 0 Å². The third-order valence-corrected chi connectivity index (χ3v) is 2.05. The van der Waals surface area contributed by atoms with Crippen molar-refractivity contribution in [1.82, 2.24) is 0 Å². The molecule has 0 saturated carbocycles. The van der Waals surface area contributed by atoms with Gasteiger partial charge in [0.15, 0.2) is 0 Å². The number of rotatable bonds is 8. The van der Waals surface area contributed by atoms with Crippen LogP contribution in [0.1, 0.15) is 25.7 Å².